The smallest absolute Gasteiger partial charge is 0.115 e. The molecule has 2 nitrogen and oxygen atoms in total. The molecular weight excluding hydrogens is 293 g/mol. The summed E-state index contributed by atoms with van der Waals surface area (Å²) in [7, 11) is 0. The minimum Gasteiger partial charge on any atom is -0.508 e. The Kier molecular flexibility index (Phi) is 5.30. The molecule has 4 heteroatoms. The first kappa shape index (κ1) is 15.2. The lowest BCUT2D eigenvalue weighted by atomic mass is 9.99. The molecule has 0 aliphatic heterocycles. The molecule has 106 valence electrons. The molecule has 0 aliphatic carbocycles. The van der Waals surface area contributed by atoms with Crippen molar-refractivity contribution in [3.05, 3.63) is 63.6 Å². The summed E-state index contributed by atoms with van der Waals surface area (Å²) in [6, 6.07) is 13.1. The predicted molar refractivity (Wildman–Crippen MR) is 84.7 cm³/mol. The highest BCUT2D eigenvalue weighted by molar-refractivity contribution is 6.42. The SMILES string of the molecule is CCNC(Cc1ccc(O)cc1)c1ccc(Cl)c(Cl)c1. The molecule has 2 aromatic rings. The zero-order chi connectivity index (χ0) is 14.5. The van der Waals surface area contributed by atoms with E-state index in [1.165, 1.54) is 0 Å². The van der Waals surface area contributed by atoms with Gasteiger partial charge in [-0.15, -0.1) is 0 Å². The van der Waals surface area contributed by atoms with Gasteiger partial charge in [0, 0.05) is 6.04 Å². The van der Waals surface area contributed by atoms with E-state index < -0.39 is 0 Å². The number of phenols is 1. The van der Waals surface area contributed by atoms with Crippen molar-refractivity contribution in [1.29, 1.82) is 0 Å². The second-order valence-electron chi connectivity index (χ2n) is 4.65. The van der Waals surface area contributed by atoms with Gasteiger partial charge in [0.05, 0.1) is 10.0 Å². The average molecular weight is 310 g/mol. The number of hydrogen-bond acceptors (Lipinski definition) is 2. The Morgan fingerprint density at radius 1 is 1.05 bits per heavy atom. The fraction of sp³-hybridized carbons (Fsp3) is 0.250. The summed E-state index contributed by atoms with van der Waals surface area (Å²) in [6.07, 6.45) is 0.825. The minimum atomic E-state index is 0.166. The van der Waals surface area contributed by atoms with Crippen LogP contribution in [0.1, 0.15) is 24.1 Å². The van der Waals surface area contributed by atoms with E-state index in [9.17, 15) is 5.11 Å². The lowest BCUT2D eigenvalue weighted by Crippen LogP contribution is -2.22. The molecule has 20 heavy (non-hydrogen) atoms. The van der Waals surface area contributed by atoms with E-state index in [-0.39, 0.29) is 11.8 Å². The molecule has 0 spiro atoms. The molecule has 2 rings (SSSR count). The minimum absolute atomic E-state index is 0.166. The van der Waals surface area contributed by atoms with Gasteiger partial charge in [-0.25, -0.2) is 0 Å². The van der Waals surface area contributed by atoms with Crippen molar-refractivity contribution < 1.29 is 5.11 Å². The zero-order valence-corrected chi connectivity index (χ0v) is 12.7. The van der Waals surface area contributed by atoms with Crippen LogP contribution in [0.15, 0.2) is 42.5 Å². The van der Waals surface area contributed by atoms with Gasteiger partial charge >= 0.3 is 0 Å². The highest BCUT2D eigenvalue weighted by atomic mass is 35.5. The predicted octanol–water partition coefficient (Wildman–Crippen LogP) is 4.59. The molecule has 0 aromatic heterocycles. The number of aromatic hydroxyl groups is 1. The molecule has 0 saturated heterocycles. The molecule has 0 saturated carbocycles. The summed E-state index contributed by atoms with van der Waals surface area (Å²) in [4.78, 5) is 0. The van der Waals surface area contributed by atoms with Gasteiger partial charge in [-0.05, 0) is 48.4 Å². The summed E-state index contributed by atoms with van der Waals surface area (Å²) in [5.41, 5.74) is 2.26. The van der Waals surface area contributed by atoms with E-state index in [1.54, 1.807) is 12.1 Å². The summed E-state index contributed by atoms with van der Waals surface area (Å²) >= 11 is 12.0. The Balaban J connectivity index is 2.21. The van der Waals surface area contributed by atoms with E-state index in [2.05, 4.69) is 12.2 Å². The van der Waals surface area contributed by atoms with Gasteiger partial charge in [0.25, 0.3) is 0 Å². The third-order valence-corrected chi connectivity index (χ3v) is 3.91. The molecule has 0 heterocycles. The molecule has 0 aliphatic rings. The van der Waals surface area contributed by atoms with Crippen LogP contribution in [0.4, 0.5) is 0 Å². The Hall–Kier alpha value is -1.22. The topological polar surface area (TPSA) is 32.3 Å². The zero-order valence-electron chi connectivity index (χ0n) is 11.2. The van der Waals surface area contributed by atoms with Crippen LogP contribution in [-0.2, 0) is 6.42 Å². The summed E-state index contributed by atoms with van der Waals surface area (Å²) in [5.74, 6) is 0.281. The van der Waals surface area contributed by atoms with Crippen molar-refractivity contribution in [2.24, 2.45) is 0 Å². The fourth-order valence-electron chi connectivity index (χ4n) is 2.15. The Morgan fingerprint density at radius 2 is 1.75 bits per heavy atom. The lowest BCUT2D eigenvalue weighted by molar-refractivity contribution is 0.474. The van der Waals surface area contributed by atoms with E-state index in [0.29, 0.717) is 10.0 Å². The Bertz CT molecular complexity index is 569. The highest BCUT2D eigenvalue weighted by Gasteiger charge is 2.12. The van der Waals surface area contributed by atoms with Crippen LogP contribution in [0.5, 0.6) is 5.75 Å². The normalized spacial score (nSPS) is 12.3. The van der Waals surface area contributed by atoms with Crippen molar-refractivity contribution in [2.45, 2.75) is 19.4 Å². The maximum atomic E-state index is 9.33. The number of phenolic OH excluding ortho intramolecular Hbond substituents is 1. The number of nitrogens with one attached hydrogen (secondary N) is 1. The number of benzene rings is 2. The van der Waals surface area contributed by atoms with Gasteiger partial charge in [0.1, 0.15) is 5.75 Å². The van der Waals surface area contributed by atoms with E-state index in [4.69, 9.17) is 23.2 Å². The molecular formula is C16H17Cl2NO. The average Bonchev–Trinajstić information content (AvgIpc) is 2.44. The first-order chi connectivity index (χ1) is 9.60. The van der Waals surface area contributed by atoms with Crippen molar-refractivity contribution in [1.82, 2.24) is 5.32 Å². The van der Waals surface area contributed by atoms with Crippen molar-refractivity contribution in [2.75, 3.05) is 6.54 Å². The van der Waals surface area contributed by atoms with Crippen LogP contribution in [0.3, 0.4) is 0 Å². The van der Waals surface area contributed by atoms with Crippen LogP contribution in [0.2, 0.25) is 10.0 Å². The largest absolute Gasteiger partial charge is 0.508 e. The Morgan fingerprint density at radius 3 is 2.35 bits per heavy atom. The summed E-state index contributed by atoms with van der Waals surface area (Å²) in [6.45, 7) is 2.93. The molecule has 0 fully saturated rings. The fourth-order valence-corrected chi connectivity index (χ4v) is 2.46. The number of halogens is 2. The van der Waals surface area contributed by atoms with Crippen molar-refractivity contribution in [3.63, 3.8) is 0 Å². The number of hydrogen-bond donors (Lipinski definition) is 2. The van der Waals surface area contributed by atoms with E-state index in [1.807, 2.05) is 30.3 Å². The van der Waals surface area contributed by atoms with Crippen molar-refractivity contribution >= 4 is 23.2 Å². The van der Waals surface area contributed by atoms with Gasteiger partial charge in [-0.3, -0.25) is 0 Å². The Labute approximate surface area is 129 Å². The lowest BCUT2D eigenvalue weighted by Gasteiger charge is -2.19. The summed E-state index contributed by atoms with van der Waals surface area (Å²) < 4.78 is 0. The van der Waals surface area contributed by atoms with Crippen LogP contribution >= 0.6 is 23.2 Å². The van der Waals surface area contributed by atoms with Crippen molar-refractivity contribution in [3.8, 4) is 5.75 Å². The maximum Gasteiger partial charge on any atom is 0.115 e. The number of rotatable bonds is 5. The highest BCUT2D eigenvalue weighted by Crippen LogP contribution is 2.27. The standard InChI is InChI=1S/C16H17Cl2NO/c1-2-19-16(9-11-3-6-13(20)7-4-11)12-5-8-14(17)15(18)10-12/h3-8,10,16,19-20H,2,9H2,1H3. The quantitative estimate of drug-likeness (QED) is 0.846. The van der Waals surface area contributed by atoms with E-state index in [0.717, 1.165) is 24.1 Å². The third-order valence-electron chi connectivity index (χ3n) is 3.17. The van der Waals surface area contributed by atoms with Gasteiger partial charge in [-0.2, -0.15) is 0 Å². The molecule has 1 atom stereocenters. The van der Waals surface area contributed by atoms with Gasteiger partial charge in [0.2, 0.25) is 0 Å². The first-order valence-electron chi connectivity index (χ1n) is 6.56. The molecule has 2 N–H and O–H groups in total. The molecule has 0 radical (unpaired) electrons. The van der Waals surface area contributed by atoms with Crippen LogP contribution in [0.25, 0.3) is 0 Å². The second-order valence-corrected chi connectivity index (χ2v) is 5.47. The first-order valence-corrected chi connectivity index (χ1v) is 7.32. The molecule has 1 unspecified atom stereocenters. The van der Waals surface area contributed by atoms with Crippen LogP contribution in [-0.4, -0.2) is 11.7 Å². The summed E-state index contributed by atoms with van der Waals surface area (Å²) in [5, 5.41) is 13.9. The second kappa shape index (κ2) is 6.98. The number of likely N-dealkylation sites (N-methyl/N-ethyl adjacent to an activating group) is 1. The van der Waals surface area contributed by atoms with E-state index >= 15 is 0 Å². The maximum absolute atomic E-state index is 9.33. The van der Waals surface area contributed by atoms with Crippen LogP contribution < -0.4 is 5.32 Å². The van der Waals surface area contributed by atoms with Gasteiger partial charge < -0.3 is 10.4 Å². The molecule has 0 bridgehead atoms. The van der Waals surface area contributed by atoms with Crippen LogP contribution in [0, 0.1) is 0 Å². The van der Waals surface area contributed by atoms with Gasteiger partial charge in [-0.1, -0.05) is 48.3 Å². The molecule has 2 aromatic carbocycles. The monoisotopic (exact) mass is 309 g/mol. The third kappa shape index (κ3) is 3.89. The van der Waals surface area contributed by atoms with Gasteiger partial charge in [0.15, 0.2) is 0 Å². The molecule has 0 amide bonds.